The van der Waals surface area contributed by atoms with E-state index in [1.165, 1.54) is 16.8 Å². The van der Waals surface area contributed by atoms with Crippen molar-refractivity contribution in [2.75, 3.05) is 0 Å². The highest BCUT2D eigenvalue weighted by Gasteiger charge is 2.22. The molecular weight excluding hydrogens is 174 g/mol. The Morgan fingerprint density at radius 3 is 3.07 bits per heavy atom. The number of aryl methyl sites for hydroxylation is 1. The minimum Gasteiger partial charge on any atom is -0.240 e. The van der Waals surface area contributed by atoms with E-state index in [1.807, 2.05) is 4.68 Å². The summed E-state index contributed by atoms with van der Waals surface area (Å²) in [5.41, 5.74) is 4.97. The van der Waals surface area contributed by atoms with Crippen molar-refractivity contribution < 1.29 is 0 Å². The fourth-order valence-electron chi connectivity index (χ4n) is 2.04. The monoisotopic (exact) mass is 185 g/mol. The summed E-state index contributed by atoms with van der Waals surface area (Å²) < 4.78 is 1.99. The van der Waals surface area contributed by atoms with Crippen LogP contribution in [-0.4, -0.2) is 15.0 Å². The summed E-state index contributed by atoms with van der Waals surface area (Å²) in [6.45, 7) is 2.99. The Kier molecular flexibility index (Phi) is 1.48. The number of benzene rings is 1. The fraction of sp³-hybridized carbons (Fsp3) is 0.273. The summed E-state index contributed by atoms with van der Waals surface area (Å²) in [5.74, 6) is 0. The van der Waals surface area contributed by atoms with Crippen LogP contribution in [0.4, 0.5) is 0 Å². The maximum atomic E-state index is 4.17. The largest absolute Gasteiger partial charge is 0.240 e. The van der Waals surface area contributed by atoms with Crippen molar-refractivity contribution in [3.63, 3.8) is 0 Å². The normalized spacial score (nSPS) is 12.6. The lowest BCUT2D eigenvalue weighted by atomic mass is 10.1. The van der Waals surface area contributed by atoms with E-state index < -0.39 is 0 Å². The van der Waals surface area contributed by atoms with Crippen LogP contribution in [-0.2, 0) is 13.0 Å². The van der Waals surface area contributed by atoms with Crippen LogP contribution in [0.1, 0.15) is 18.2 Å². The molecule has 1 aromatic carbocycles. The highest BCUT2D eigenvalue weighted by Crippen LogP contribution is 2.32. The standard InChI is InChI=1S/C11H11N3/c1-2-10-11-9-6-4-3-5-8(9)7-14(11)13-12-10/h3-6H,2,7H2,1H3. The lowest BCUT2D eigenvalue weighted by Crippen LogP contribution is -1.94. The van der Waals surface area contributed by atoms with Gasteiger partial charge in [-0.05, 0) is 12.0 Å². The van der Waals surface area contributed by atoms with Crippen molar-refractivity contribution in [1.29, 1.82) is 0 Å². The lowest BCUT2D eigenvalue weighted by Gasteiger charge is -1.97. The highest BCUT2D eigenvalue weighted by atomic mass is 15.4. The second-order valence-electron chi connectivity index (χ2n) is 3.55. The molecule has 0 atom stereocenters. The topological polar surface area (TPSA) is 30.7 Å². The van der Waals surface area contributed by atoms with Gasteiger partial charge in [-0.1, -0.05) is 36.4 Å². The first-order chi connectivity index (χ1) is 6.90. The molecule has 0 N–H and O–H groups in total. The molecule has 0 saturated carbocycles. The third-order valence-corrected chi connectivity index (χ3v) is 2.73. The van der Waals surface area contributed by atoms with Gasteiger partial charge in [-0.15, -0.1) is 5.10 Å². The van der Waals surface area contributed by atoms with Gasteiger partial charge >= 0.3 is 0 Å². The first-order valence-corrected chi connectivity index (χ1v) is 4.91. The summed E-state index contributed by atoms with van der Waals surface area (Å²) in [5, 5.41) is 8.32. The second kappa shape index (κ2) is 2.67. The molecule has 70 valence electrons. The van der Waals surface area contributed by atoms with Crippen LogP contribution >= 0.6 is 0 Å². The molecule has 14 heavy (non-hydrogen) atoms. The summed E-state index contributed by atoms with van der Waals surface area (Å²) in [7, 11) is 0. The van der Waals surface area contributed by atoms with Gasteiger partial charge in [0.05, 0.1) is 17.9 Å². The number of hydrogen-bond donors (Lipinski definition) is 0. The van der Waals surface area contributed by atoms with E-state index in [9.17, 15) is 0 Å². The van der Waals surface area contributed by atoms with Gasteiger partial charge in [0.25, 0.3) is 0 Å². The Bertz CT molecular complexity index is 485. The van der Waals surface area contributed by atoms with Crippen molar-refractivity contribution in [1.82, 2.24) is 15.0 Å². The molecule has 3 nitrogen and oxygen atoms in total. The van der Waals surface area contributed by atoms with E-state index in [1.54, 1.807) is 0 Å². The molecule has 0 aliphatic carbocycles. The SMILES string of the molecule is CCc1nnn2c1-c1ccccc1C2. The van der Waals surface area contributed by atoms with Crippen LogP contribution in [0, 0.1) is 0 Å². The molecule has 3 rings (SSSR count). The summed E-state index contributed by atoms with van der Waals surface area (Å²) >= 11 is 0. The molecule has 1 aliphatic heterocycles. The van der Waals surface area contributed by atoms with Crippen LogP contribution < -0.4 is 0 Å². The van der Waals surface area contributed by atoms with E-state index in [-0.39, 0.29) is 0 Å². The van der Waals surface area contributed by atoms with E-state index in [2.05, 4.69) is 41.5 Å². The quantitative estimate of drug-likeness (QED) is 0.579. The second-order valence-corrected chi connectivity index (χ2v) is 3.55. The highest BCUT2D eigenvalue weighted by molar-refractivity contribution is 5.69. The molecule has 1 aliphatic rings. The third-order valence-electron chi connectivity index (χ3n) is 2.73. The number of rotatable bonds is 1. The molecule has 0 radical (unpaired) electrons. The first-order valence-electron chi connectivity index (χ1n) is 4.91. The van der Waals surface area contributed by atoms with Crippen molar-refractivity contribution >= 4 is 0 Å². The zero-order chi connectivity index (χ0) is 9.54. The Hall–Kier alpha value is -1.64. The van der Waals surface area contributed by atoms with Gasteiger partial charge in [-0.25, -0.2) is 4.68 Å². The molecule has 3 heteroatoms. The number of nitrogens with zero attached hydrogens (tertiary/aromatic N) is 3. The predicted molar refractivity (Wildman–Crippen MR) is 53.9 cm³/mol. The Balaban J connectivity index is 2.28. The van der Waals surface area contributed by atoms with Crippen LogP contribution in [0.2, 0.25) is 0 Å². The zero-order valence-electron chi connectivity index (χ0n) is 8.07. The molecule has 0 saturated heterocycles. The summed E-state index contributed by atoms with van der Waals surface area (Å²) in [6, 6.07) is 8.45. The molecule has 0 amide bonds. The van der Waals surface area contributed by atoms with Crippen molar-refractivity contribution in [2.45, 2.75) is 19.9 Å². The van der Waals surface area contributed by atoms with Gasteiger partial charge < -0.3 is 0 Å². The van der Waals surface area contributed by atoms with Crippen molar-refractivity contribution in [3.8, 4) is 11.3 Å². The minimum absolute atomic E-state index is 0.874. The Labute approximate surface area is 82.4 Å². The Morgan fingerprint density at radius 1 is 1.36 bits per heavy atom. The van der Waals surface area contributed by atoms with Crippen molar-refractivity contribution in [3.05, 3.63) is 35.5 Å². The van der Waals surface area contributed by atoms with Crippen LogP contribution in [0.15, 0.2) is 24.3 Å². The van der Waals surface area contributed by atoms with Gasteiger partial charge in [0.15, 0.2) is 0 Å². The molecule has 0 unspecified atom stereocenters. The van der Waals surface area contributed by atoms with Gasteiger partial charge in [0, 0.05) is 5.56 Å². The van der Waals surface area contributed by atoms with E-state index in [0.29, 0.717) is 0 Å². The van der Waals surface area contributed by atoms with E-state index in [4.69, 9.17) is 0 Å². The van der Waals surface area contributed by atoms with Crippen molar-refractivity contribution in [2.24, 2.45) is 0 Å². The Morgan fingerprint density at radius 2 is 2.21 bits per heavy atom. The van der Waals surface area contributed by atoms with Gasteiger partial charge in [-0.3, -0.25) is 0 Å². The van der Waals surface area contributed by atoms with Gasteiger partial charge in [-0.2, -0.15) is 0 Å². The molecule has 0 bridgehead atoms. The van der Waals surface area contributed by atoms with Crippen LogP contribution in [0.3, 0.4) is 0 Å². The maximum Gasteiger partial charge on any atom is 0.0925 e. The third kappa shape index (κ3) is 0.867. The lowest BCUT2D eigenvalue weighted by molar-refractivity contribution is 0.673. The number of fused-ring (bicyclic) bond motifs is 3. The van der Waals surface area contributed by atoms with Gasteiger partial charge in [0.2, 0.25) is 0 Å². The predicted octanol–water partition coefficient (Wildman–Crippen LogP) is 1.87. The molecular formula is C11H11N3. The first kappa shape index (κ1) is 7.74. The summed E-state index contributed by atoms with van der Waals surface area (Å²) in [6.07, 6.45) is 0.948. The number of aromatic nitrogens is 3. The minimum atomic E-state index is 0.874. The molecule has 1 aromatic heterocycles. The van der Waals surface area contributed by atoms with E-state index >= 15 is 0 Å². The van der Waals surface area contributed by atoms with Crippen LogP contribution in [0.5, 0.6) is 0 Å². The maximum absolute atomic E-state index is 4.17. The fourth-order valence-corrected chi connectivity index (χ4v) is 2.04. The zero-order valence-corrected chi connectivity index (χ0v) is 8.07. The summed E-state index contributed by atoms with van der Waals surface area (Å²) in [4.78, 5) is 0. The average molecular weight is 185 g/mol. The molecule has 0 fully saturated rings. The van der Waals surface area contributed by atoms with E-state index in [0.717, 1.165) is 18.7 Å². The number of hydrogen-bond acceptors (Lipinski definition) is 2. The van der Waals surface area contributed by atoms with Gasteiger partial charge in [0.1, 0.15) is 0 Å². The molecule has 2 aromatic rings. The molecule has 0 spiro atoms. The average Bonchev–Trinajstić information content (AvgIpc) is 2.75. The smallest absolute Gasteiger partial charge is 0.0925 e. The molecule has 2 heterocycles. The van der Waals surface area contributed by atoms with Crippen LogP contribution in [0.25, 0.3) is 11.3 Å².